The van der Waals surface area contributed by atoms with Crippen molar-refractivity contribution in [2.75, 3.05) is 0 Å². The quantitative estimate of drug-likeness (QED) is 0.786. The minimum absolute atomic E-state index is 0.00637. The molecule has 2 heterocycles. The Morgan fingerprint density at radius 1 is 1.29 bits per heavy atom. The Bertz CT molecular complexity index is 469. The molecular formula is C9H11BrN4. The third-order valence-electron chi connectivity index (χ3n) is 2.02. The maximum absolute atomic E-state index is 4.31. The summed E-state index contributed by atoms with van der Waals surface area (Å²) in [6.45, 7) is 6.36. The highest BCUT2D eigenvalue weighted by atomic mass is 79.9. The molecule has 0 saturated carbocycles. The Kier molecular flexibility index (Phi) is 2.06. The summed E-state index contributed by atoms with van der Waals surface area (Å²) in [4.78, 5) is 8.40. The Balaban J connectivity index is 2.82. The van der Waals surface area contributed by atoms with Crippen LogP contribution in [0.3, 0.4) is 0 Å². The number of fused-ring (bicyclic) bond motifs is 1. The maximum atomic E-state index is 4.31. The van der Waals surface area contributed by atoms with Crippen LogP contribution in [0.5, 0.6) is 0 Å². The number of hydrogen-bond donors (Lipinski definition) is 1. The topological polar surface area (TPSA) is 54.5 Å². The SMILES string of the molecule is CC(C)(C)c1ncnc2n[nH]c(Br)c12. The number of hydrogen-bond acceptors (Lipinski definition) is 3. The molecule has 0 amide bonds. The zero-order valence-corrected chi connectivity index (χ0v) is 9.88. The second-order valence-electron chi connectivity index (χ2n) is 4.21. The lowest BCUT2D eigenvalue weighted by Crippen LogP contribution is -2.14. The molecule has 14 heavy (non-hydrogen) atoms. The smallest absolute Gasteiger partial charge is 0.185 e. The first kappa shape index (κ1) is 9.58. The molecule has 0 aliphatic heterocycles. The highest BCUT2D eigenvalue weighted by Gasteiger charge is 2.21. The van der Waals surface area contributed by atoms with Crippen molar-refractivity contribution >= 4 is 27.0 Å². The molecule has 1 N–H and O–H groups in total. The van der Waals surface area contributed by atoms with Gasteiger partial charge in [-0.15, -0.1) is 0 Å². The van der Waals surface area contributed by atoms with E-state index in [9.17, 15) is 0 Å². The summed E-state index contributed by atoms with van der Waals surface area (Å²) in [6, 6.07) is 0. The predicted octanol–water partition coefficient (Wildman–Crippen LogP) is 2.41. The molecule has 0 aliphatic rings. The van der Waals surface area contributed by atoms with Gasteiger partial charge in [0.25, 0.3) is 0 Å². The van der Waals surface area contributed by atoms with Crippen molar-refractivity contribution in [3.63, 3.8) is 0 Å². The van der Waals surface area contributed by atoms with Gasteiger partial charge in [-0.25, -0.2) is 9.97 Å². The molecule has 74 valence electrons. The lowest BCUT2D eigenvalue weighted by atomic mass is 9.90. The molecule has 0 radical (unpaired) electrons. The van der Waals surface area contributed by atoms with E-state index in [0.717, 1.165) is 15.7 Å². The number of aromatic amines is 1. The summed E-state index contributed by atoms with van der Waals surface area (Å²) in [5, 5.41) is 7.89. The van der Waals surface area contributed by atoms with Crippen molar-refractivity contribution in [3.8, 4) is 0 Å². The fraction of sp³-hybridized carbons (Fsp3) is 0.444. The van der Waals surface area contributed by atoms with Crippen LogP contribution in [-0.4, -0.2) is 20.2 Å². The minimum atomic E-state index is -0.00637. The Morgan fingerprint density at radius 2 is 2.00 bits per heavy atom. The van der Waals surface area contributed by atoms with Gasteiger partial charge in [0.1, 0.15) is 10.9 Å². The largest absolute Gasteiger partial charge is 0.269 e. The zero-order chi connectivity index (χ0) is 10.3. The van der Waals surface area contributed by atoms with Crippen molar-refractivity contribution in [1.29, 1.82) is 0 Å². The molecule has 0 saturated heterocycles. The zero-order valence-electron chi connectivity index (χ0n) is 8.30. The molecule has 2 aromatic rings. The van der Waals surface area contributed by atoms with E-state index in [4.69, 9.17) is 0 Å². The molecule has 4 nitrogen and oxygen atoms in total. The molecule has 2 rings (SSSR count). The number of nitrogens with zero attached hydrogens (tertiary/aromatic N) is 3. The van der Waals surface area contributed by atoms with E-state index < -0.39 is 0 Å². The van der Waals surface area contributed by atoms with Gasteiger partial charge in [-0.3, -0.25) is 5.10 Å². The van der Waals surface area contributed by atoms with Gasteiger partial charge in [0.15, 0.2) is 5.65 Å². The number of rotatable bonds is 0. The van der Waals surface area contributed by atoms with E-state index in [0.29, 0.717) is 5.65 Å². The monoisotopic (exact) mass is 254 g/mol. The first-order valence-electron chi connectivity index (χ1n) is 4.35. The van der Waals surface area contributed by atoms with E-state index in [1.807, 2.05) is 0 Å². The molecule has 0 spiro atoms. The van der Waals surface area contributed by atoms with Crippen LogP contribution < -0.4 is 0 Å². The van der Waals surface area contributed by atoms with Gasteiger partial charge in [-0.2, -0.15) is 5.10 Å². The minimum Gasteiger partial charge on any atom is -0.269 e. The van der Waals surface area contributed by atoms with Crippen LogP contribution in [0.2, 0.25) is 0 Å². The molecule has 5 heteroatoms. The standard InChI is InChI=1S/C9H11BrN4/c1-9(2,3)6-5-7(10)13-14-8(5)12-4-11-6/h4H,1-3H3,(H,11,12,13,14). The fourth-order valence-electron chi connectivity index (χ4n) is 1.39. The Labute approximate surface area is 90.3 Å². The second-order valence-corrected chi connectivity index (χ2v) is 5.00. The third kappa shape index (κ3) is 1.41. The number of nitrogens with one attached hydrogen (secondary N) is 1. The maximum Gasteiger partial charge on any atom is 0.185 e. The van der Waals surface area contributed by atoms with Crippen molar-refractivity contribution < 1.29 is 0 Å². The molecule has 0 atom stereocenters. The van der Waals surface area contributed by atoms with Gasteiger partial charge in [0.2, 0.25) is 0 Å². The summed E-state index contributed by atoms with van der Waals surface area (Å²) in [5.41, 5.74) is 1.70. The van der Waals surface area contributed by atoms with Gasteiger partial charge < -0.3 is 0 Å². The third-order valence-corrected chi connectivity index (χ3v) is 2.59. The lowest BCUT2D eigenvalue weighted by molar-refractivity contribution is 0.574. The Morgan fingerprint density at radius 3 is 2.64 bits per heavy atom. The van der Waals surface area contributed by atoms with E-state index in [2.05, 4.69) is 56.9 Å². The number of aromatic nitrogens is 4. The normalized spacial score (nSPS) is 12.3. The summed E-state index contributed by atoms with van der Waals surface area (Å²) in [7, 11) is 0. The summed E-state index contributed by atoms with van der Waals surface area (Å²) < 4.78 is 0.845. The Hall–Kier alpha value is -0.970. The molecule has 0 aromatic carbocycles. The molecular weight excluding hydrogens is 244 g/mol. The van der Waals surface area contributed by atoms with Gasteiger partial charge >= 0.3 is 0 Å². The number of H-pyrrole nitrogens is 1. The average Bonchev–Trinajstić information content (AvgIpc) is 2.46. The fourth-order valence-corrected chi connectivity index (χ4v) is 1.84. The number of halogens is 1. The predicted molar refractivity (Wildman–Crippen MR) is 58.1 cm³/mol. The molecule has 0 bridgehead atoms. The van der Waals surface area contributed by atoms with Crippen LogP contribution in [0, 0.1) is 0 Å². The van der Waals surface area contributed by atoms with E-state index in [1.54, 1.807) is 6.33 Å². The summed E-state index contributed by atoms with van der Waals surface area (Å²) >= 11 is 3.41. The first-order chi connectivity index (χ1) is 6.50. The van der Waals surface area contributed by atoms with Crippen LogP contribution in [0.15, 0.2) is 10.9 Å². The van der Waals surface area contributed by atoms with E-state index in [-0.39, 0.29) is 5.41 Å². The van der Waals surface area contributed by atoms with Crippen LogP contribution in [-0.2, 0) is 5.41 Å². The van der Waals surface area contributed by atoms with Crippen LogP contribution in [0.1, 0.15) is 26.5 Å². The molecule has 0 unspecified atom stereocenters. The van der Waals surface area contributed by atoms with Crippen LogP contribution in [0.4, 0.5) is 0 Å². The van der Waals surface area contributed by atoms with Crippen molar-refractivity contribution in [3.05, 3.63) is 16.6 Å². The first-order valence-corrected chi connectivity index (χ1v) is 5.14. The average molecular weight is 255 g/mol. The van der Waals surface area contributed by atoms with Gasteiger partial charge in [0, 0.05) is 5.41 Å². The highest BCUT2D eigenvalue weighted by Crippen LogP contribution is 2.30. The van der Waals surface area contributed by atoms with Gasteiger partial charge in [-0.1, -0.05) is 20.8 Å². The molecule has 0 fully saturated rings. The lowest BCUT2D eigenvalue weighted by Gasteiger charge is -2.17. The van der Waals surface area contributed by atoms with Crippen LogP contribution >= 0.6 is 15.9 Å². The van der Waals surface area contributed by atoms with Gasteiger partial charge in [0.05, 0.1) is 11.1 Å². The molecule has 2 aromatic heterocycles. The summed E-state index contributed by atoms with van der Waals surface area (Å²) in [6.07, 6.45) is 1.55. The van der Waals surface area contributed by atoms with Crippen LogP contribution in [0.25, 0.3) is 11.0 Å². The van der Waals surface area contributed by atoms with Crippen molar-refractivity contribution in [1.82, 2.24) is 20.2 Å². The highest BCUT2D eigenvalue weighted by molar-refractivity contribution is 9.10. The second kappa shape index (κ2) is 3.02. The van der Waals surface area contributed by atoms with E-state index in [1.165, 1.54) is 0 Å². The summed E-state index contributed by atoms with van der Waals surface area (Å²) in [5.74, 6) is 0. The molecule has 0 aliphatic carbocycles. The van der Waals surface area contributed by atoms with Gasteiger partial charge in [-0.05, 0) is 15.9 Å². The van der Waals surface area contributed by atoms with E-state index >= 15 is 0 Å². The van der Waals surface area contributed by atoms with Crippen molar-refractivity contribution in [2.24, 2.45) is 0 Å². The van der Waals surface area contributed by atoms with Crippen molar-refractivity contribution in [2.45, 2.75) is 26.2 Å².